The first-order valence-electron chi connectivity index (χ1n) is 6.86. The molecular formula is C13H20ClNO3S2. The summed E-state index contributed by atoms with van der Waals surface area (Å²) in [5.41, 5.74) is 0. The van der Waals surface area contributed by atoms with E-state index in [-0.39, 0.29) is 6.04 Å². The van der Waals surface area contributed by atoms with E-state index in [0.717, 1.165) is 37.0 Å². The van der Waals surface area contributed by atoms with Gasteiger partial charge in [0.2, 0.25) is 0 Å². The number of hydrogen-bond donors (Lipinski definition) is 1. The molecule has 0 saturated carbocycles. The van der Waals surface area contributed by atoms with Gasteiger partial charge in [-0.15, -0.1) is 11.3 Å². The molecule has 0 aliphatic carbocycles. The van der Waals surface area contributed by atoms with Gasteiger partial charge in [-0.3, -0.25) is 0 Å². The van der Waals surface area contributed by atoms with Crippen LogP contribution in [-0.4, -0.2) is 36.5 Å². The van der Waals surface area contributed by atoms with E-state index in [1.807, 2.05) is 0 Å². The van der Waals surface area contributed by atoms with Crippen LogP contribution in [0.3, 0.4) is 0 Å². The van der Waals surface area contributed by atoms with Crippen molar-refractivity contribution >= 4 is 33.0 Å². The first-order valence-corrected chi connectivity index (χ1v) is 9.50. The van der Waals surface area contributed by atoms with Crippen molar-refractivity contribution in [2.75, 3.05) is 6.54 Å². The molecule has 0 spiro atoms. The van der Waals surface area contributed by atoms with E-state index in [4.69, 9.17) is 11.6 Å². The fourth-order valence-electron chi connectivity index (χ4n) is 2.65. The number of hydrogen-bond acceptors (Lipinski definition) is 4. The molecule has 114 valence electrons. The van der Waals surface area contributed by atoms with Crippen LogP contribution in [0.2, 0.25) is 4.34 Å². The van der Waals surface area contributed by atoms with E-state index >= 15 is 0 Å². The lowest BCUT2D eigenvalue weighted by molar-refractivity contribution is 0.147. The summed E-state index contributed by atoms with van der Waals surface area (Å²) in [6.07, 6.45) is 3.71. The smallest absolute Gasteiger partial charge is 0.252 e. The summed E-state index contributed by atoms with van der Waals surface area (Å²) in [5, 5.41) is 9.61. The van der Waals surface area contributed by atoms with Gasteiger partial charge in [0.25, 0.3) is 10.0 Å². The number of halogens is 1. The van der Waals surface area contributed by atoms with Crippen molar-refractivity contribution in [2.45, 2.75) is 55.4 Å². The zero-order valence-electron chi connectivity index (χ0n) is 11.5. The van der Waals surface area contributed by atoms with Gasteiger partial charge in [-0.1, -0.05) is 24.4 Å². The molecule has 2 heterocycles. The van der Waals surface area contributed by atoms with E-state index in [1.54, 1.807) is 23.4 Å². The average molecular weight is 338 g/mol. The van der Waals surface area contributed by atoms with E-state index in [2.05, 4.69) is 0 Å². The van der Waals surface area contributed by atoms with Crippen molar-refractivity contribution in [1.29, 1.82) is 0 Å². The Bertz CT molecular complexity index is 542. The SMILES string of the molecule is CC(O)CC1CCCCCN1S(=O)(=O)c1ccc(Cl)s1. The molecule has 1 aromatic rings. The topological polar surface area (TPSA) is 57.6 Å². The van der Waals surface area contributed by atoms with E-state index in [9.17, 15) is 13.5 Å². The monoisotopic (exact) mass is 337 g/mol. The Hall–Kier alpha value is -0.140. The lowest BCUT2D eigenvalue weighted by Crippen LogP contribution is -2.41. The predicted molar refractivity (Wildman–Crippen MR) is 81.8 cm³/mol. The molecule has 0 bridgehead atoms. The van der Waals surface area contributed by atoms with Crippen molar-refractivity contribution in [3.63, 3.8) is 0 Å². The molecule has 1 aliphatic heterocycles. The predicted octanol–water partition coefficient (Wildman–Crippen LogP) is 3.11. The fourth-order valence-corrected chi connectivity index (χ4v) is 5.96. The van der Waals surface area contributed by atoms with Crippen molar-refractivity contribution in [3.8, 4) is 0 Å². The van der Waals surface area contributed by atoms with Gasteiger partial charge in [0.15, 0.2) is 0 Å². The van der Waals surface area contributed by atoms with Gasteiger partial charge in [0, 0.05) is 12.6 Å². The lowest BCUT2D eigenvalue weighted by Gasteiger charge is -2.29. The van der Waals surface area contributed by atoms with Gasteiger partial charge in [0.1, 0.15) is 4.21 Å². The number of sulfonamides is 1. The summed E-state index contributed by atoms with van der Waals surface area (Å²) in [6, 6.07) is 3.05. The fraction of sp³-hybridized carbons (Fsp3) is 0.692. The Labute approximate surface area is 129 Å². The molecule has 2 atom stereocenters. The number of aliphatic hydroxyl groups excluding tert-OH is 1. The van der Waals surface area contributed by atoms with Crippen LogP contribution >= 0.6 is 22.9 Å². The molecule has 0 radical (unpaired) electrons. The van der Waals surface area contributed by atoms with Crippen molar-refractivity contribution in [1.82, 2.24) is 4.31 Å². The van der Waals surface area contributed by atoms with Gasteiger partial charge in [-0.2, -0.15) is 4.31 Å². The van der Waals surface area contributed by atoms with Crippen LogP contribution in [0.25, 0.3) is 0 Å². The third-order valence-corrected chi connectivity index (χ3v) is 7.20. The quantitative estimate of drug-likeness (QED) is 0.918. The second kappa shape index (κ2) is 6.75. The maximum absolute atomic E-state index is 12.7. The average Bonchev–Trinajstić information content (AvgIpc) is 2.66. The highest BCUT2D eigenvalue weighted by molar-refractivity contribution is 7.91. The molecule has 20 heavy (non-hydrogen) atoms. The van der Waals surface area contributed by atoms with Crippen LogP contribution in [-0.2, 0) is 10.0 Å². The highest BCUT2D eigenvalue weighted by atomic mass is 35.5. The van der Waals surface area contributed by atoms with Crippen molar-refractivity contribution < 1.29 is 13.5 Å². The first-order chi connectivity index (χ1) is 9.41. The summed E-state index contributed by atoms with van der Waals surface area (Å²) in [5.74, 6) is 0. The highest BCUT2D eigenvalue weighted by Crippen LogP contribution is 2.32. The number of rotatable bonds is 4. The number of aliphatic hydroxyl groups is 1. The third-order valence-electron chi connectivity index (χ3n) is 3.55. The highest BCUT2D eigenvalue weighted by Gasteiger charge is 2.33. The molecule has 1 aliphatic rings. The van der Waals surface area contributed by atoms with Crippen LogP contribution in [0.1, 0.15) is 39.0 Å². The lowest BCUT2D eigenvalue weighted by atomic mass is 10.1. The number of thiophene rings is 1. The molecular weight excluding hydrogens is 318 g/mol. The summed E-state index contributed by atoms with van der Waals surface area (Å²) in [7, 11) is -3.50. The minimum atomic E-state index is -3.50. The van der Waals surface area contributed by atoms with Crippen LogP contribution < -0.4 is 0 Å². The van der Waals surface area contributed by atoms with Gasteiger partial charge < -0.3 is 5.11 Å². The Kier molecular flexibility index (Phi) is 5.48. The molecule has 1 N–H and O–H groups in total. The Morgan fingerprint density at radius 2 is 2.20 bits per heavy atom. The van der Waals surface area contributed by atoms with Gasteiger partial charge in [-0.05, 0) is 38.3 Å². The molecule has 2 unspecified atom stereocenters. The first kappa shape index (κ1) is 16.2. The third kappa shape index (κ3) is 3.74. The van der Waals surface area contributed by atoms with Crippen LogP contribution in [0.15, 0.2) is 16.3 Å². The van der Waals surface area contributed by atoms with Crippen molar-refractivity contribution in [2.24, 2.45) is 0 Å². The standard InChI is InChI=1S/C13H20ClNO3S2/c1-10(16)9-11-5-3-2-4-8-15(11)20(17,18)13-7-6-12(14)19-13/h6-7,10-11,16H,2-5,8-9H2,1H3. The maximum Gasteiger partial charge on any atom is 0.252 e. The van der Waals surface area contributed by atoms with Crippen LogP contribution in [0, 0.1) is 0 Å². The summed E-state index contributed by atoms with van der Waals surface area (Å²) < 4.78 is 27.8. The Morgan fingerprint density at radius 3 is 2.80 bits per heavy atom. The molecule has 7 heteroatoms. The molecule has 0 aromatic carbocycles. The maximum atomic E-state index is 12.7. The largest absolute Gasteiger partial charge is 0.393 e. The Balaban J connectivity index is 2.29. The molecule has 1 fully saturated rings. The van der Waals surface area contributed by atoms with Gasteiger partial charge >= 0.3 is 0 Å². The van der Waals surface area contributed by atoms with Gasteiger partial charge in [-0.25, -0.2) is 8.42 Å². The summed E-state index contributed by atoms with van der Waals surface area (Å²) in [6.45, 7) is 2.23. The Morgan fingerprint density at radius 1 is 1.45 bits per heavy atom. The molecule has 4 nitrogen and oxygen atoms in total. The van der Waals surface area contributed by atoms with Crippen LogP contribution in [0.5, 0.6) is 0 Å². The van der Waals surface area contributed by atoms with E-state index in [1.165, 1.54) is 0 Å². The molecule has 1 aromatic heterocycles. The zero-order chi connectivity index (χ0) is 14.8. The molecule has 1 saturated heterocycles. The van der Waals surface area contributed by atoms with Gasteiger partial charge in [0.05, 0.1) is 10.4 Å². The van der Waals surface area contributed by atoms with Crippen molar-refractivity contribution in [3.05, 3.63) is 16.5 Å². The second-order valence-electron chi connectivity index (χ2n) is 5.26. The zero-order valence-corrected chi connectivity index (χ0v) is 13.8. The second-order valence-corrected chi connectivity index (χ2v) is 9.09. The number of nitrogens with zero attached hydrogens (tertiary/aromatic N) is 1. The minimum Gasteiger partial charge on any atom is -0.393 e. The van der Waals surface area contributed by atoms with E-state index in [0.29, 0.717) is 21.5 Å². The van der Waals surface area contributed by atoms with E-state index < -0.39 is 16.1 Å². The summed E-state index contributed by atoms with van der Waals surface area (Å²) >= 11 is 6.94. The molecule has 2 rings (SSSR count). The normalized spacial score (nSPS) is 23.4. The summed E-state index contributed by atoms with van der Waals surface area (Å²) in [4.78, 5) is 0. The van der Waals surface area contributed by atoms with Crippen LogP contribution in [0.4, 0.5) is 0 Å². The minimum absolute atomic E-state index is 0.122. The molecule has 0 amide bonds.